The molecule has 0 aliphatic heterocycles. The van der Waals surface area contributed by atoms with E-state index in [9.17, 15) is 9.59 Å². The number of rotatable bonds is 6. The first-order chi connectivity index (χ1) is 14.3. The summed E-state index contributed by atoms with van der Waals surface area (Å²) >= 11 is 0. The van der Waals surface area contributed by atoms with Crippen LogP contribution in [0.4, 0.5) is 5.69 Å². The lowest BCUT2D eigenvalue weighted by atomic mass is 10.1. The number of benzene rings is 2. The molecule has 0 radical (unpaired) electrons. The van der Waals surface area contributed by atoms with Gasteiger partial charge in [-0.25, -0.2) is 0 Å². The summed E-state index contributed by atoms with van der Waals surface area (Å²) in [5.41, 5.74) is 1.69. The highest BCUT2D eigenvalue weighted by molar-refractivity contribution is 6.09. The summed E-state index contributed by atoms with van der Waals surface area (Å²) in [4.78, 5) is 31.0. The fourth-order valence-corrected chi connectivity index (χ4v) is 2.77. The van der Waals surface area contributed by atoms with Gasteiger partial charge in [-0.2, -0.15) is 4.98 Å². The zero-order valence-electron chi connectivity index (χ0n) is 17.3. The van der Waals surface area contributed by atoms with Crippen molar-refractivity contribution in [2.24, 2.45) is 0 Å². The van der Waals surface area contributed by atoms with Gasteiger partial charge in [-0.3, -0.25) is 9.59 Å². The lowest BCUT2D eigenvalue weighted by molar-refractivity contribution is 0.0828. The third-order valence-electron chi connectivity index (χ3n) is 4.33. The van der Waals surface area contributed by atoms with E-state index >= 15 is 0 Å². The Morgan fingerprint density at radius 1 is 1.03 bits per heavy atom. The Balaban J connectivity index is 1.90. The van der Waals surface area contributed by atoms with Gasteiger partial charge in [-0.15, -0.1) is 0 Å². The zero-order chi connectivity index (χ0) is 21.8. The first kappa shape index (κ1) is 20.8. The number of hydrogen-bond donors (Lipinski definition) is 1. The highest BCUT2D eigenvalue weighted by Gasteiger charge is 2.20. The average molecular weight is 410 g/mol. The molecule has 2 amide bonds. The maximum absolute atomic E-state index is 12.8. The number of nitrogens with zero attached hydrogens (tertiary/aromatic N) is 3. The summed E-state index contributed by atoms with van der Waals surface area (Å²) in [5, 5.41) is 6.53. The number of nitrogens with one attached hydrogen (secondary N) is 1. The Morgan fingerprint density at radius 2 is 1.67 bits per heavy atom. The predicted molar refractivity (Wildman–Crippen MR) is 110 cm³/mol. The van der Waals surface area contributed by atoms with Crippen molar-refractivity contribution in [2.75, 3.05) is 33.6 Å². The molecule has 1 heterocycles. The number of aryl methyl sites for hydroxylation is 1. The second-order valence-electron chi connectivity index (χ2n) is 6.63. The fourth-order valence-electron chi connectivity index (χ4n) is 2.77. The summed E-state index contributed by atoms with van der Waals surface area (Å²) in [7, 11) is 6.21. The van der Waals surface area contributed by atoms with Gasteiger partial charge in [0.05, 0.1) is 25.5 Å². The van der Waals surface area contributed by atoms with Gasteiger partial charge in [-0.1, -0.05) is 5.16 Å². The molecule has 0 aliphatic rings. The van der Waals surface area contributed by atoms with Crippen molar-refractivity contribution in [3.05, 3.63) is 53.3 Å². The molecular weight excluding hydrogens is 388 g/mol. The Bertz CT molecular complexity index is 1070. The largest absolute Gasteiger partial charge is 0.493 e. The molecule has 3 aromatic rings. The fraction of sp³-hybridized carbons (Fsp3) is 0.238. The molecule has 0 saturated heterocycles. The van der Waals surface area contributed by atoms with Gasteiger partial charge >= 0.3 is 0 Å². The molecule has 3 rings (SSSR count). The summed E-state index contributed by atoms with van der Waals surface area (Å²) < 4.78 is 15.7. The van der Waals surface area contributed by atoms with Gasteiger partial charge in [0.15, 0.2) is 17.3 Å². The molecule has 156 valence electrons. The molecule has 0 spiro atoms. The highest BCUT2D eigenvalue weighted by Crippen LogP contribution is 2.34. The van der Waals surface area contributed by atoms with Crippen LogP contribution >= 0.6 is 0 Å². The maximum atomic E-state index is 12.8. The van der Waals surface area contributed by atoms with Crippen molar-refractivity contribution in [2.45, 2.75) is 6.92 Å². The number of hydrogen-bond acceptors (Lipinski definition) is 7. The minimum absolute atomic E-state index is 0.281. The van der Waals surface area contributed by atoms with Crippen LogP contribution in [0.5, 0.6) is 11.5 Å². The van der Waals surface area contributed by atoms with Gasteiger partial charge in [0, 0.05) is 31.3 Å². The van der Waals surface area contributed by atoms with E-state index in [1.807, 2.05) is 0 Å². The minimum Gasteiger partial charge on any atom is -0.493 e. The van der Waals surface area contributed by atoms with Crippen LogP contribution < -0.4 is 14.8 Å². The van der Waals surface area contributed by atoms with Gasteiger partial charge in [0.2, 0.25) is 0 Å². The number of carbonyl (C=O) groups excluding carboxylic acids is 2. The number of anilines is 1. The Morgan fingerprint density at radius 3 is 2.20 bits per heavy atom. The van der Waals surface area contributed by atoms with Crippen molar-refractivity contribution in [1.82, 2.24) is 15.0 Å². The van der Waals surface area contributed by atoms with Crippen molar-refractivity contribution in [1.29, 1.82) is 0 Å². The van der Waals surface area contributed by atoms with E-state index in [4.69, 9.17) is 14.0 Å². The van der Waals surface area contributed by atoms with Crippen LogP contribution in [0.25, 0.3) is 11.5 Å². The summed E-state index contributed by atoms with van der Waals surface area (Å²) in [6.45, 7) is 1.73. The first-order valence-corrected chi connectivity index (χ1v) is 9.03. The minimum atomic E-state index is -0.386. The maximum Gasteiger partial charge on any atom is 0.257 e. The molecule has 2 aromatic carbocycles. The summed E-state index contributed by atoms with van der Waals surface area (Å²) in [6.07, 6.45) is 0. The highest BCUT2D eigenvalue weighted by atomic mass is 16.5. The quantitative estimate of drug-likeness (QED) is 0.666. The number of amides is 2. The molecule has 0 unspecified atom stereocenters. The third kappa shape index (κ3) is 4.24. The smallest absolute Gasteiger partial charge is 0.257 e. The first-order valence-electron chi connectivity index (χ1n) is 9.03. The molecule has 0 saturated carbocycles. The van der Waals surface area contributed by atoms with E-state index in [0.29, 0.717) is 40.0 Å². The van der Waals surface area contributed by atoms with Gasteiger partial charge < -0.3 is 24.2 Å². The number of ether oxygens (including phenoxy) is 2. The second kappa shape index (κ2) is 8.64. The van der Waals surface area contributed by atoms with Crippen LogP contribution in [0.15, 0.2) is 40.9 Å². The zero-order valence-corrected chi connectivity index (χ0v) is 17.3. The van der Waals surface area contributed by atoms with Gasteiger partial charge in [0.1, 0.15) is 0 Å². The number of methoxy groups -OCH3 is 2. The molecule has 9 heteroatoms. The summed E-state index contributed by atoms with van der Waals surface area (Å²) in [5.74, 6) is 1.01. The lowest BCUT2D eigenvalue weighted by Crippen LogP contribution is -2.24. The van der Waals surface area contributed by atoms with Crippen molar-refractivity contribution in [3.8, 4) is 23.0 Å². The average Bonchev–Trinajstić information content (AvgIpc) is 3.19. The van der Waals surface area contributed by atoms with Crippen LogP contribution in [-0.4, -0.2) is 55.2 Å². The third-order valence-corrected chi connectivity index (χ3v) is 4.33. The van der Waals surface area contributed by atoms with Crippen molar-refractivity contribution < 1.29 is 23.6 Å². The predicted octanol–water partition coefficient (Wildman–Crippen LogP) is 3.02. The second-order valence-corrected chi connectivity index (χ2v) is 6.63. The molecule has 30 heavy (non-hydrogen) atoms. The molecular formula is C21H22N4O5. The van der Waals surface area contributed by atoms with Crippen LogP contribution in [0, 0.1) is 6.92 Å². The molecule has 1 aromatic heterocycles. The Labute approximate surface area is 173 Å². The molecule has 0 bridgehead atoms. The van der Waals surface area contributed by atoms with Crippen molar-refractivity contribution in [3.63, 3.8) is 0 Å². The topological polar surface area (TPSA) is 107 Å². The standard InChI is InChI=1S/C21H22N4O5/c1-12-22-20(30-24-12)14-8-6-13(7-9-14)19(26)23-16-11-18(29-5)17(28-4)10-15(16)21(27)25(2)3/h6-11H,1-5H3,(H,23,26). The SMILES string of the molecule is COc1cc(NC(=O)c2ccc(-c3nc(C)no3)cc2)c(C(=O)N(C)C)cc1OC. The van der Waals surface area contributed by atoms with E-state index in [-0.39, 0.29) is 17.4 Å². The van der Waals surface area contributed by atoms with Crippen LogP contribution in [0.3, 0.4) is 0 Å². The van der Waals surface area contributed by atoms with Gasteiger partial charge in [-0.05, 0) is 37.3 Å². The van der Waals surface area contributed by atoms with E-state index < -0.39 is 0 Å². The Hall–Kier alpha value is -3.88. The van der Waals surface area contributed by atoms with E-state index in [1.165, 1.54) is 25.2 Å². The van der Waals surface area contributed by atoms with E-state index in [2.05, 4.69) is 15.5 Å². The Kier molecular flexibility index (Phi) is 6.01. The molecule has 0 aliphatic carbocycles. The molecule has 0 fully saturated rings. The van der Waals surface area contributed by atoms with Crippen LogP contribution in [0.2, 0.25) is 0 Å². The number of aromatic nitrogens is 2. The molecule has 0 atom stereocenters. The molecule has 1 N–H and O–H groups in total. The number of carbonyl (C=O) groups is 2. The van der Waals surface area contributed by atoms with E-state index in [0.717, 1.165) is 0 Å². The van der Waals surface area contributed by atoms with Crippen LogP contribution in [-0.2, 0) is 0 Å². The monoisotopic (exact) mass is 410 g/mol. The summed E-state index contributed by atoms with van der Waals surface area (Å²) in [6, 6.07) is 9.79. The van der Waals surface area contributed by atoms with E-state index in [1.54, 1.807) is 51.4 Å². The normalized spacial score (nSPS) is 10.4. The van der Waals surface area contributed by atoms with Crippen LogP contribution in [0.1, 0.15) is 26.5 Å². The van der Waals surface area contributed by atoms with Gasteiger partial charge in [0.25, 0.3) is 17.7 Å². The molecule has 9 nitrogen and oxygen atoms in total. The lowest BCUT2D eigenvalue weighted by Gasteiger charge is -2.18. The van der Waals surface area contributed by atoms with Crippen molar-refractivity contribution >= 4 is 17.5 Å².